The monoisotopic (exact) mass is 249 g/mol. The van der Waals surface area contributed by atoms with Gasteiger partial charge in [-0.15, -0.1) is 0 Å². The Balaban J connectivity index is 1.89. The number of hydrogen-bond donors (Lipinski definition) is 1. The van der Waals surface area contributed by atoms with E-state index in [4.69, 9.17) is 9.47 Å². The average Bonchev–Trinajstić information content (AvgIpc) is 2.92. The molecule has 1 saturated heterocycles. The normalized spacial score (nSPS) is 18.8. The van der Waals surface area contributed by atoms with E-state index in [0.29, 0.717) is 18.1 Å². The van der Waals surface area contributed by atoms with Gasteiger partial charge in [-0.1, -0.05) is 18.2 Å². The van der Waals surface area contributed by atoms with Crippen LogP contribution in [0.2, 0.25) is 0 Å². The average molecular weight is 249 g/mol. The molecule has 4 heteroatoms. The fourth-order valence-electron chi connectivity index (χ4n) is 2.15. The molecule has 4 nitrogen and oxygen atoms in total. The van der Waals surface area contributed by atoms with Crippen LogP contribution in [-0.2, 0) is 16.1 Å². The third kappa shape index (κ3) is 3.31. The predicted octanol–water partition coefficient (Wildman–Crippen LogP) is 1.60. The van der Waals surface area contributed by atoms with Crippen molar-refractivity contribution in [1.29, 1.82) is 0 Å². The van der Waals surface area contributed by atoms with Crippen molar-refractivity contribution in [2.75, 3.05) is 26.8 Å². The first-order chi connectivity index (χ1) is 8.81. The molecular formula is C14H19NO3. The van der Waals surface area contributed by atoms with Gasteiger partial charge in [0, 0.05) is 6.54 Å². The zero-order valence-electron chi connectivity index (χ0n) is 10.6. The van der Waals surface area contributed by atoms with E-state index in [1.54, 1.807) is 6.07 Å². The molecule has 1 atom stereocenters. The lowest BCUT2D eigenvalue weighted by Crippen LogP contribution is -2.14. The SMILES string of the molecule is COC(=O)c1ccccc1COCC1CCNC1. The number of carbonyl (C=O) groups is 1. The van der Waals surface area contributed by atoms with Crippen LogP contribution in [0, 0.1) is 5.92 Å². The highest BCUT2D eigenvalue weighted by Gasteiger charge is 2.15. The summed E-state index contributed by atoms with van der Waals surface area (Å²) in [4.78, 5) is 11.6. The fourth-order valence-corrected chi connectivity index (χ4v) is 2.15. The summed E-state index contributed by atoms with van der Waals surface area (Å²) in [5.74, 6) is 0.284. The van der Waals surface area contributed by atoms with Crippen molar-refractivity contribution >= 4 is 5.97 Å². The van der Waals surface area contributed by atoms with E-state index in [2.05, 4.69) is 5.32 Å². The zero-order valence-corrected chi connectivity index (χ0v) is 10.6. The molecule has 0 bridgehead atoms. The standard InChI is InChI=1S/C14H19NO3/c1-17-14(16)13-5-3-2-4-12(13)10-18-9-11-6-7-15-8-11/h2-5,11,15H,6-10H2,1H3. The third-order valence-corrected chi connectivity index (χ3v) is 3.20. The first kappa shape index (κ1) is 13.1. The van der Waals surface area contributed by atoms with Crippen LogP contribution >= 0.6 is 0 Å². The van der Waals surface area contributed by atoms with Crippen molar-refractivity contribution in [3.8, 4) is 0 Å². The Bertz CT molecular complexity index is 400. The summed E-state index contributed by atoms with van der Waals surface area (Å²) in [7, 11) is 1.39. The minimum atomic E-state index is -0.309. The van der Waals surface area contributed by atoms with Crippen molar-refractivity contribution in [2.24, 2.45) is 5.92 Å². The van der Waals surface area contributed by atoms with Gasteiger partial charge in [-0.05, 0) is 30.5 Å². The van der Waals surface area contributed by atoms with Gasteiger partial charge in [-0.25, -0.2) is 4.79 Å². The van der Waals surface area contributed by atoms with E-state index in [0.717, 1.165) is 25.3 Å². The smallest absolute Gasteiger partial charge is 0.338 e. The summed E-state index contributed by atoms with van der Waals surface area (Å²) in [5.41, 5.74) is 1.47. The molecule has 1 unspecified atom stereocenters. The Morgan fingerprint density at radius 1 is 1.44 bits per heavy atom. The van der Waals surface area contributed by atoms with Gasteiger partial charge in [0.25, 0.3) is 0 Å². The van der Waals surface area contributed by atoms with Crippen molar-refractivity contribution in [3.05, 3.63) is 35.4 Å². The van der Waals surface area contributed by atoms with Crippen LogP contribution in [0.5, 0.6) is 0 Å². The zero-order chi connectivity index (χ0) is 12.8. The fraction of sp³-hybridized carbons (Fsp3) is 0.500. The summed E-state index contributed by atoms with van der Waals surface area (Å²) in [6.45, 7) is 3.30. The lowest BCUT2D eigenvalue weighted by Gasteiger charge is -2.11. The van der Waals surface area contributed by atoms with E-state index in [-0.39, 0.29) is 5.97 Å². The molecular weight excluding hydrogens is 230 g/mol. The highest BCUT2D eigenvalue weighted by atomic mass is 16.5. The highest BCUT2D eigenvalue weighted by molar-refractivity contribution is 5.90. The molecule has 1 aromatic carbocycles. The second-order valence-electron chi connectivity index (χ2n) is 4.52. The molecule has 1 heterocycles. The molecule has 0 spiro atoms. The lowest BCUT2D eigenvalue weighted by atomic mass is 10.1. The van der Waals surface area contributed by atoms with Crippen LogP contribution in [0.3, 0.4) is 0 Å². The summed E-state index contributed by atoms with van der Waals surface area (Å²) < 4.78 is 10.4. The van der Waals surface area contributed by atoms with E-state index in [1.807, 2.05) is 18.2 Å². The van der Waals surface area contributed by atoms with Crippen LogP contribution in [0.4, 0.5) is 0 Å². The Kier molecular flexibility index (Phi) is 4.73. The third-order valence-electron chi connectivity index (χ3n) is 3.20. The molecule has 1 fully saturated rings. The number of carbonyl (C=O) groups excluding carboxylic acids is 1. The molecule has 1 aliphatic heterocycles. The number of ether oxygens (including phenoxy) is 2. The maximum absolute atomic E-state index is 11.6. The molecule has 98 valence electrons. The van der Waals surface area contributed by atoms with E-state index < -0.39 is 0 Å². The van der Waals surface area contributed by atoms with Gasteiger partial charge in [0.05, 0.1) is 25.9 Å². The van der Waals surface area contributed by atoms with Gasteiger partial charge in [-0.2, -0.15) is 0 Å². The summed E-state index contributed by atoms with van der Waals surface area (Å²) in [5, 5.41) is 3.31. The first-order valence-corrected chi connectivity index (χ1v) is 6.26. The Labute approximate surface area is 107 Å². The van der Waals surface area contributed by atoms with Crippen LogP contribution in [0.1, 0.15) is 22.3 Å². The van der Waals surface area contributed by atoms with Gasteiger partial charge in [-0.3, -0.25) is 0 Å². The minimum Gasteiger partial charge on any atom is -0.465 e. The molecule has 0 amide bonds. The second kappa shape index (κ2) is 6.52. The summed E-state index contributed by atoms with van der Waals surface area (Å²) in [6, 6.07) is 7.40. The van der Waals surface area contributed by atoms with Gasteiger partial charge in [0.1, 0.15) is 0 Å². The summed E-state index contributed by atoms with van der Waals surface area (Å²) >= 11 is 0. The van der Waals surface area contributed by atoms with E-state index in [9.17, 15) is 4.79 Å². The Morgan fingerprint density at radius 3 is 3.00 bits per heavy atom. The molecule has 1 aromatic rings. The molecule has 0 saturated carbocycles. The van der Waals surface area contributed by atoms with Crippen molar-refractivity contribution in [2.45, 2.75) is 13.0 Å². The van der Waals surface area contributed by atoms with E-state index >= 15 is 0 Å². The number of hydrogen-bond acceptors (Lipinski definition) is 4. The Hall–Kier alpha value is -1.39. The predicted molar refractivity (Wildman–Crippen MR) is 68.4 cm³/mol. The Morgan fingerprint density at radius 2 is 2.28 bits per heavy atom. The second-order valence-corrected chi connectivity index (χ2v) is 4.52. The first-order valence-electron chi connectivity index (χ1n) is 6.26. The topological polar surface area (TPSA) is 47.6 Å². The maximum Gasteiger partial charge on any atom is 0.338 e. The van der Waals surface area contributed by atoms with Crippen molar-refractivity contribution < 1.29 is 14.3 Å². The maximum atomic E-state index is 11.6. The lowest BCUT2D eigenvalue weighted by molar-refractivity contribution is 0.0587. The number of methoxy groups -OCH3 is 1. The van der Waals surface area contributed by atoms with Gasteiger partial charge >= 0.3 is 5.97 Å². The van der Waals surface area contributed by atoms with E-state index in [1.165, 1.54) is 13.5 Å². The van der Waals surface area contributed by atoms with Crippen molar-refractivity contribution in [3.63, 3.8) is 0 Å². The van der Waals surface area contributed by atoms with Crippen LogP contribution in [0.15, 0.2) is 24.3 Å². The minimum absolute atomic E-state index is 0.309. The number of esters is 1. The van der Waals surface area contributed by atoms with Crippen molar-refractivity contribution in [1.82, 2.24) is 5.32 Å². The van der Waals surface area contributed by atoms with Gasteiger partial charge in [0.2, 0.25) is 0 Å². The molecule has 0 aliphatic carbocycles. The molecule has 1 aliphatic rings. The van der Waals surface area contributed by atoms with Gasteiger partial charge < -0.3 is 14.8 Å². The number of nitrogens with one attached hydrogen (secondary N) is 1. The summed E-state index contributed by atoms with van der Waals surface area (Å²) in [6.07, 6.45) is 1.17. The molecule has 0 radical (unpaired) electrons. The van der Waals surface area contributed by atoms with Crippen LogP contribution in [0.25, 0.3) is 0 Å². The molecule has 2 rings (SSSR count). The van der Waals surface area contributed by atoms with Gasteiger partial charge in [0.15, 0.2) is 0 Å². The highest BCUT2D eigenvalue weighted by Crippen LogP contribution is 2.13. The molecule has 1 N–H and O–H groups in total. The molecule has 0 aromatic heterocycles. The number of rotatable bonds is 5. The number of benzene rings is 1. The largest absolute Gasteiger partial charge is 0.465 e. The van der Waals surface area contributed by atoms with Crippen LogP contribution < -0.4 is 5.32 Å². The quantitative estimate of drug-likeness (QED) is 0.805. The van der Waals surface area contributed by atoms with Crippen LogP contribution in [-0.4, -0.2) is 32.8 Å². The molecule has 18 heavy (non-hydrogen) atoms.